The average molecular weight is 447 g/mol. The monoisotopic (exact) mass is 446 g/mol. The third kappa shape index (κ3) is 27.3. The van der Waals surface area contributed by atoms with Crippen LogP contribution < -0.4 is 0 Å². The number of unbranched alkanes of at least 4 members (excludes halogenated alkanes) is 4. The zero-order valence-corrected chi connectivity index (χ0v) is 20.8. The van der Waals surface area contributed by atoms with E-state index in [4.69, 9.17) is 23.7 Å². The Morgan fingerprint density at radius 1 is 0.516 bits per heavy atom. The molecule has 186 valence electrons. The second-order valence-electron chi connectivity index (χ2n) is 8.91. The van der Waals surface area contributed by atoms with Crippen molar-refractivity contribution >= 4 is 5.97 Å². The van der Waals surface area contributed by atoms with Gasteiger partial charge in [0.1, 0.15) is 0 Å². The lowest BCUT2D eigenvalue weighted by molar-refractivity contribution is -0.144. The lowest BCUT2D eigenvalue weighted by atomic mass is 10.0. The lowest BCUT2D eigenvalue weighted by Crippen LogP contribution is -2.13. The molecule has 0 aromatic rings. The highest BCUT2D eigenvalue weighted by atomic mass is 16.6. The molecule has 6 heteroatoms. The molecule has 0 N–H and O–H groups in total. The molecule has 0 fully saturated rings. The Bertz CT molecular complexity index is 373. The van der Waals surface area contributed by atoms with Gasteiger partial charge in [-0.15, -0.1) is 0 Å². The molecule has 0 unspecified atom stereocenters. The highest BCUT2D eigenvalue weighted by molar-refractivity contribution is 5.69. The summed E-state index contributed by atoms with van der Waals surface area (Å²) in [6.07, 6.45) is 9.45. The fourth-order valence-electron chi connectivity index (χ4n) is 2.84. The van der Waals surface area contributed by atoms with Gasteiger partial charge < -0.3 is 23.7 Å². The third-order valence-electron chi connectivity index (χ3n) is 4.81. The number of hydrogen-bond donors (Lipinski definition) is 0. The van der Waals surface area contributed by atoms with E-state index < -0.39 is 0 Å². The lowest BCUT2D eigenvalue weighted by Gasteiger charge is -2.08. The van der Waals surface area contributed by atoms with Crippen molar-refractivity contribution in [3.05, 3.63) is 0 Å². The number of rotatable bonds is 24. The predicted octanol–water partition coefficient (Wildman–Crippen LogP) is 5.42. The maximum Gasteiger partial charge on any atom is 0.305 e. The molecule has 0 aliphatic heterocycles. The van der Waals surface area contributed by atoms with Gasteiger partial charge in [0, 0.05) is 19.6 Å². The maximum absolute atomic E-state index is 11.7. The number of carbonyl (C=O) groups excluding carboxylic acids is 1. The summed E-state index contributed by atoms with van der Waals surface area (Å²) in [7, 11) is 0. The molecule has 0 bridgehead atoms. The minimum absolute atomic E-state index is 0.120. The van der Waals surface area contributed by atoms with E-state index in [9.17, 15) is 4.79 Å². The molecule has 0 aromatic carbocycles. The van der Waals surface area contributed by atoms with Crippen LogP contribution >= 0.6 is 0 Å². The zero-order valence-electron chi connectivity index (χ0n) is 20.8. The summed E-state index contributed by atoms with van der Waals surface area (Å²) < 4.78 is 27.1. The van der Waals surface area contributed by atoms with E-state index in [1.54, 1.807) is 0 Å². The Balaban J connectivity index is 3.15. The Morgan fingerprint density at radius 2 is 1.00 bits per heavy atom. The first-order valence-electron chi connectivity index (χ1n) is 12.5. The molecular formula is C25H50O6. The van der Waals surface area contributed by atoms with E-state index in [0.29, 0.717) is 71.6 Å². The van der Waals surface area contributed by atoms with E-state index in [0.717, 1.165) is 31.8 Å². The second-order valence-corrected chi connectivity index (χ2v) is 8.91. The fourth-order valence-corrected chi connectivity index (χ4v) is 2.84. The first-order valence-corrected chi connectivity index (χ1v) is 12.5. The van der Waals surface area contributed by atoms with Crippen LogP contribution in [0.4, 0.5) is 0 Å². The molecule has 0 heterocycles. The van der Waals surface area contributed by atoms with Gasteiger partial charge in [0.2, 0.25) is 0 Å². The summed E-state index contributed by atoms with van der Waals surface area (Å²) in [6.45, 7) is 14.2. The predicted molar refractivity (Wildman–Crippen MR) is 125 cm³/mol. The summed E-state index contributed by atoms with van der Waals surface area (Å²) in [4.78, 5) is 11.7. The summed E-state index contributed by atoms with van der Waals surface area (Å²) in [5.74, 6) is 1.35. The first-order chi connectivity index (χ1) is 15.0. The van der Waals surface area contributed by atoms with Crippen molar-refractivity contribution in [1.29, 1.82) is 0 Å². The maximum atomic E-state index is 11.7. The number of ether oxygens (including phenoxy) is 5. The van der Waals surface area contributed by atoms with E-state index >= 15 is 0 Å². The largest absolute Gasteiger partial charge is 0.466 e. The third-order valence-corrected chi connectivity index (χ3v) is 4.81. The summed E-state index contributed by atoms with van der Waals surface area (Å²) in [6, 6.07) is 0. The van der Waals surface area contributed by atoms with Crippen molar-refractivity contribution in [3.8, 4) is 0 Å². The summed E-state index contributed by atoms with van der Waals surface area (Å²) >= 11 is 0. The number of carbonyl (C=O) groups is 1. The minimum Gasteiger partial charge on any atom is -0.466 e. The van der Waals surface area contributed by atoms with Crippen molar-refractivity contribution in [2.75, 3.05) is 59.5 Å². The first kappa shape index (κ1) is 30.3. The van der Waals surface area contributed by atoms with Crippen molar-refractivity contribution in [3.63, 3.8) is 0 Å². The van der Waals surface area contributed by atoms with Crippen LogP contribution in [0.3, 0.4) is 0 Å². The van der Waals surface area contributed by atoms with E-state index in [1.807, 2.05) is 0 Å². The molecule has 0 aliphatic rings. The molecule has 0 aromatic heterocycles. The van der Waals surface area contributed by atoms with Crippen LogP contribution in [-0.2, 0) is 28.5 Å². The highest BCUT2D eigenvalue weighted by Gasteiger charge is 2.03. The van der Waals surface area contributed by atoms with Crippen molar-refractivity contribution in [2.45, 2.75) is 85.5 Å². The highest BCUT2D eigenvalue weighted by Crippen LogP contribution is 2.10. The Labute approximate surface area is 191 Å². The number of esters is 1. The molecule has 0 spiro atoms. The average Bonchev–Trinajstić information content (AvgIpc) is 2.72. The van der Waals surface area contributed by atoms with Gasteiger partial charge in [-0.05, 0) is 31.1 Å². The smallest absolute Gasteiger partial charge is 0.305 e. The van der Waals surface area contributed by atoms with Gasteiger partial charge in [0.15, 0.2) is 0 Å². The van der Waals surface area contributed by atoms with Gasteiger partial charge in [-0.25, -0.2) is 0 Å². The van der Waals surface area contributed by atoms with Gasteiger partial charge in [0.25, 0.3) is 0 Å². The standard InChI is InChI=1S/C25H50O6/c1-23(2)11-8-6-5-7-9-15-31-25(26)12-10-14-27-17-19-29-21-22-30-20-18-28-16-13-24(3)4/h23-24H,5-22H2,1-4H3. The molecule has 31 heavy (non-hydrogen) atoms. The molecule has 0 amide bonds. The van der Waals surface area contributed by atoms with Crippen LogP contribution in [0.1, 0.15) is 85.5 Å². The van der Waals surface area contributed by atoms with Crippen molar-refractivity contribution in [2.24, 2.45) is 11.8 Å². The van der Waals surface area contributed by atoms with E-state index in [2.05, 4.69) is 27.7 Å². The Morgan fingerprint density at radius 3 is 1.58 bits per heavy atom. The molecule has 0 saturated heterocycles. The fraction of sp³-hybridized carbons (Fsp3) is 0.960. The molecular weight excluding hydrogens is 396 g/mol. The number of hydrogen-bond acceptors (Lipinski definition) is 6. The van der Waals surface area contributed by atoms with Gasteiger partial charge in [-0.1, -0.05) is 59.8 Å². The van der Waals surface area contributed by atoms with Crippen LogP contribution in [0.15, 0.2) is 0 Å². The minimum atomic E-state index is -0.120. The van der Waals surface area contributed by atoms with Gasteiger partial charge in [-0.3, -0.25) is 4.79 Å². The zero-order chi connectivity index (χ0) is 23.0. The summed E-state index contributed by atoms with van der Waals surface area (Å²) in [5, 5.41) is 0. The molecule has 0 rings (SSSR count). The molecule has 6 nitrogen and oxygen atoms in total. The molecule has 0 aliphatic carbocycles. The normalized spacial score (nSPS) is 11.5. The molecule has 0 saturated carbocycles. The van der Waals surface area contributed by atoms with Crippen molar-refractivity contribution < 1.29 is 28.5 Å². The topological polar surface area (TPSA) is 63.2 Å². The Hall–Kier alpha value is -0.690. The molecule has 0 atom stereocenters. The molecule has 0 radical (unpaired) electrons. The van der Waals surface area contributed by atoms with Crippen LogP contribution in [0.5, 0.6) is 0 Å². The van der Waals surface area contributed by atoms with E-state index in [-0.39, 0.29) is 5.97 Å². The van der Waals surface area contributed by atoms with Crippen molar-refractivity contribution in [1.82, 2.24) is 0 Å². The van der Waals surface area contributed by atoms with Crippen LogP contribution in [-0.4, -0.2) is 65.4 Å². The summed E-state index contributed by atoms with van der Waals surface area (Å²) in [5.41, 5.74) is 0. The van der Waals surface area contributed by atoms with E-state index in [1.165, 1.54) is 25.7 Å². The van der Waals surface area contributed by atoms with Crippen LogP contribution in [0, 0.1) is 11.8 Å². The quantitative estimate of drug-likeness (QED) is 0.146. The van der Waals surface area contributed by atoms with Crippen LogP contribution in [0.25, 0.3) is 0 Å². The SMILES string of the molecule is CC(C)CCCCCCCOC(=O)CCCOCCOCCOCCOCCC(C)C. The van der Waals surface area contributed by atoms with Gasteiger partial charge in [0.05, 0.1) is 46.2 Å². The van der Waals surface area contributed by atoms with Gasteiger partial charge >= 0.3 is 5.97 Å². The van der Waals surface area contributed by atoms with Crippen LogP contribution in [0.2, 0.25) is 0 Å². The second kappa shape index (κ2) is 24.0. The Kier molecular flexibility index (Phi) is 23.4. The van der Waals surface area contributed by atoms with Gasteiger partial charge in [-0.2, -0.15) is 0 Å².